The first-order valence-electron chi connectivity index (χ1n) is 7.44. The lowest BCUT2D eigenvalue weighted by molar-refractivity contribution is -0.124. The number of amides is 1. The van der Waals surface area contributed by atoms with Crippen LogP contribution in [0, 0.1) is 5.92 Å². The van der Waals surface area contributed by atoms with Crippen LogP contribution >= 0.6 is 0 Å². The number of hydrogen-bond donors (Lipinski definition) is 2. The molecule has 4 heteroatoms. The Balaban J connectivity index is 1.76. The average Bonchev–Trinajstić information content (AvgIpc) is 2.29. The summed E-state index contributed by atoms with van der Waals surface area (Å²) in [6, 6.07) is 0.967. The zero-order valence-electron chi connectivity index (χ0n) is 11.7. The first-order valence-corrected chi connectivity index (χ1v) is 7.44. The number of hydrogen-bond acceptors (Lipinski definition) is 3. The summed E-state index contributed by atoms with van der Waals surface area (Å²) in [4.78, 5) is 14.4. The fraction of sp³-hybridized carbons (Fsp3) is 0.929. The van der Waals surface area contributed by atoms with Gasteiger partial charge in [-0.05, 0) is 25.3 Å². The standard InChI is InChI=1S/C14H27N3O/c1-3-17(12-8-15-9-12)10-14(18)16-13-7-5-4-6-11(13)2/h11-13,15H,3-10H2,1-2H3,(H,16,18). The minimum atomic E-state index is 0.211. The summed E-state index contributed by atoms with van der Waals surface area (Å²) in [5.74, 6) is 0.852. The van der Waals surface area contributed by atoms with E-state index in [4.69, 9.17) is 0 Å². The van der Waals surface area contributed by atoms with Crippen molar-refractivity contribution in [2.75, 3.05) is 26.2 Å². The van der Waals surface area contributed by atoms with E-state index in [0.29, 0.717) is 24.5 Å². The Bertz CT molecular complexity index is 270. The van der Waals surface area contributed by atoms with Crippen molar-refractivity contribution < 1.29 is 4.79 Å². The molecule has 2 unspecified atom stereocenters. The molecular weight excluding hydrogens is 226 g/mol. The highest BCUT2D eigenvalue weighted by atomic mass is 16.2. The lowest BCUT2D eigenvalue weighted by Crippen LogP contribution is -2.59. The summed E-state index contributed by atoms with van der Waals surface area (Å²) in [7, 11) is 0. The SMILES string of the molecule is CCN(CC(=O)NC1CCCCC1C)C1CNC1. The molecule has 1 aliphatic heterocycles. The van der Waals surface area contributed by atoms with Gasteiger partial charge in [-0.15, -0.1) is 0 Å². The minimum Gasteiger partial charge on any atom is -0.352 e. The molecule has 2 N–H and O–H groups in total. The maximum absolute atomic E-state index is 12.1. The molecule has 1 amide bonds. The number of rotatable bonds is 5. The molecule has 1 saturated carbocycles. The molecule has 4 nitrogen and oxygen atoms in total. The van der Waals surface area contributed by atoms with Crippen LogP contribution in [0.15, 0.2) is 0 Å². The summed E-state index contributed by atoms with van der Waals surface area (Å²) >= 11 is 0. The average molecular weight is 253 g/mol. The molecule has 0 aromatic carbocycles. The van der Waals surface area contributed by atoms with Gasteiger partial charge in [-0.1, -0.05) is 26.7 Å². The molecule has 2 atom stereocenters. The summed E-state index contributed by atoms with van der Waals surface area (Å²) in [5, 5.41) is 6.50. The van der Waals surface area contributed by atoms with Crippen LogP contribution in [0.1, 0.15) is 39.5 Å². The van der Waals surface area contributed by atoms with Gasteiger partial charge in [0, 0.05) is 25.2 Å². The van der Waals surface area contributed by atoms with Crippen molar-refractivity contribution in [3.05, 3.63) is 0 Å². The van der Waals surface area contributed by atoms with Crippen molar-refractivity contribution in [1.29, 1.82) is 0 Å². The molecule has 1 aliphatic carbocycles. The van der Waals surface area contributed by atoms with E-state index >= 15 is 0 Å². The summed E-state index contributed by atoms with van der Waals surface area (Å²) in [6.45, 7) is 7.97. The molecule has 0 bridgehead atoms. The second-order valence-electron chi connectivity index (χ2n) is 5.81. The van der Waals surface area contributed by atoms with E-state index in [0.717, 1.165) is 26.1 Å². The smallest absolute Gasteiger partial charge is 0.234 e. The molecule has 18 heavy (non-hydrogen) atoms. The molecule has 104 valence electrons. The molecule has 2 aliphatic rings. The van der Waals surface area contributed by atoms with E-state index in [1.54, 1.807) is 0 Å². The van der Waals surface area contributed by atoms with Crippen molar-refractivity contribution >= 4 is 5.91 Å². The highest BCUT2D eigenvalue weighted by Gasteiger charge is 2.27. The first kappa shape index (κ1) is 13.8. The van der Waals surface area contributed by atoms with E-state index in [9.17, 15) is 4.79 Å². The van der Waals surface area contributed by atoms with E-state index < -0.39 is 0 Å². The zero-order chi connectivity index (χ0) is 13.0. The van der Waals surface area contributed by atoms with Gasteiger partial charge in [0.05, 0.1) is 6.54 Å². The van der Waals surface area contributed by atoms with Gasteiger partial charge in [0.2, 0.25) is 5.91 Å². The van der Waals surface area contributed by atoms with Crippen LogP contribution in [0.25, 0.3) is 0 Å². The fourth-order valence-electron chi connectivity index (χ4n) is 3.00. The third-order valence-electron chi connectivity index (χ3n) is 4.49. The Labute approximate surface area is 110 Å². The van der Waals surface area contributed by atoms with Crippen LogP contribution in [0.3, 0.4) is 0 Å². The van der Waals surface area contributed by atoms with E-state index in [-0.39, 0.29) is 5.91 Å². The van der Waals surface area contributed by atoms with Crippen molar-refractivity contribution in [2.45, 2.75) is 51.6 Å². The Morgan fingerprint density at radius 3 is 2.61 bits per heavy atom. The molecular formula is C14H27N3O. The second-order valence-corrected chi connectivity index (χ2v) is 5.81. The van der Waals surface area contributed by atoms with Crippen molar-refractivity contribution in [3.8, 4) is 0 Å². The van der Waals surface area contributed by atoms with Crippen LogP contribution in [0.4, 0.5) is 0 Å². The van der Waals surface area contributed by atoms with Crippen molar-refractivity contribution in [2.24, 2.45) is 5.92 Å². The van der Waals surface area contributed by atoms with Crippen LogP contribution in [-0.4, -0.2) is 49.1 Å². The molecule has 0 aromatic rings. The molecule has 0 radical (unpaired) electrons. The molecule has 0 aromatic heterocycles. The Hall–Kier alpha value is -0.610. The monoisotopic (exact) mass is 253 g/mol. The van der Waals surface area contributed by atoms with Gasteiger partial charge < -0.3 is 10.6 Å². The van der Waals surface area contributed by atoms with Crippen molar-refractivity contribution in [3.63, 3.8) is 0 Å². The molecule has 2 rings (SSSR count). The van der Waals surface area contributed by atoms with Gasteiger partial charge in [0.25, 0.3) is 0 Å². The number of carbonyl (C=O) groups excluding carboxylic acids is 1. The third kappa shape index (κ3) is 3.45. The third-order valence-corrected chi connectivity index (χ3v) is 4.49. The zero-order valence-corrected chi connectivity index (χ0v) is 11.7. The fourth-order valence-corrected chi connectivity index (χ4v) is 3.00. The number of nitrogens with one attached hydrogen (secondary N) is 2. The van der Waals surface area contributed by atoms with Gasteiger partial charge in [-0.3, -0.25) is 9.69 Å². The minimum absolute atomic E-state index is 0.211. The van der Waals surface area contributed by atoms with E-state index in [1.165, 1.54) is 19.3 Å². The number of carbonyl (C=O) groups is 1. The Morgan fingerprint density at radius 1 is 1.33 bits per heavy atom. The lowest BCUT2D eigenvalue weighted by atomic mass is 9.86. The molecule has 0 spiro atoms. The normalized spacial score (nSPS) is 29.1. The van der Waals surface area contributed by atoms with Crippen LogP contribution in [0.2, 0.25) is 0 Å². The lowest BCUT2D eigenvalue weighted by Gasteiger charge is -2.38. The van der Waals surface area contributed by atoms with E-state index in [1.807, 2.05) is 0 Å². The Kier molecular flexibility index (Phi) is 5.01. The van der Waals surface area contributed by atoms with Crippen LogP contribution in [0.5, 0.6) is 0 Å². The van der Waals surface area contributed by atoms with Gasteiger partial charge in [0.15, 0.2) is 0 Å². The molecule has 2 fully saturated rings. The summed E-state index contributed by atoms with van der Waals surface area (Å²) in [6.07, 6.45) is 5.00. The summed E-state index contributed by atoms with van der Waals surface area (Å²) < 4.78 is 0. The second kappa shape index (κ2) is 6.53. The maximum atomic E-state index is 12.1. The molecule has 1 saturated heterocycles. The van der Waals surface area contributed by atoms with Gasteiger partial charge in [-0.2, -0.15) is 0 Å². The quantitative estimate of drug-likeness (QED) is 0.767. The first-order chi connectivity index (χ1) is 8.70. The predicted octanol–water partition coefficient (Wildman–Crippen LogP) is 0.975. The van der Waals surface area contributed by atoms with Gasteiger partial charge in [-0.25, -0.2) is 0 Å². The van der Waals surface area contributed by atoms with Crippen molar-refractivity contribution in [1.82, 2.24) is 15.5 Å². The largest absolute Gasteiger partial charge is 0.352 e. The van der Waals surface area contributed by atoms with Crippen LogP contribution in [-0.2, 0) is 4.79 Å². The molecule has 1 heterocycles. The highest BCUT2D eigenvalue weighted by molar-refractivity contribution is 5.78. The van der Waals surface area contributed by atoms with Crippen LogP contribution < -0.4 is 10.6 Å². The predicted molar refractivity (Wildman–Crippen MR) is 73.5 cm³/mol. The Morgan fingerprint density at radius 2 is 2.06 bits per heavy atom. The number of likely N-dealkylation sites (N-methyl/N-ethyl adjacent to an activating group) is 1. The maximum Gasteiger partial charge on any atom is 0.234 e. The van der Waals surface area contributed by atoms with Gasteiger partial charge >= 0.3 is 0 Å². The highest BCUT2D eigenvalue weighted by Crippen LogP contribution is 2.23. The number of nitrogens with zero attached hydrogens (tertiary/aromatic N) is 1. The van der Waals surface area contributed by atoms with E-state index in [2.05, 4.69) is 29.4 Å². The topological polar surface area (TPSA) is 44.4 Å². The summed E-state index contributed by atoms with van der Waals surface area (Å²) in [5.41, 5.74) is 0. The van der Waals surface area contributed by atoms with Gasteiger partial charge in [0.1, 0.15) is 0 Å².